The summed E-state index contributed by atoms with van der Waals surface area (Å²) in [4.78, 5) is 0. The Bertz CT molecular complexity index is 336. The summed E-state index contributed by atoms with van der Waals surface area (Å²) < 4.78 is 15.7. The van der Waals surface area contributed by atoms with Gasteiger partial charge in [0.05, 0.1) is 5.71 Å². The van der Waals surface area contributed by atoms with E-state index < -0.39 is 6.37 Å². The van der Waals surface area contributed by atoms with Crippen LogP contribution in [0.15, 0.2) is 35.5 Å². The van der Waals surface area contributed by atoms with Gasteiger partial charge in [0.15, 0.2) is 0 Å². The lowest BCUT2D eigenvalue weighted by atomic mass is 10.1. The molecule has 13 heavy (non-hydrogen) atoms. The molecule has 0 aliphatic heterocycles. The van der Waals surface area contributed by atoms with Crippen LogP contribution in [0, 0.1) is 0 Å². The van der Waals surface area contributed by atoms with E-state index in [1.807, 2.05) is 18.2 Å². The number of rotatable bonds is 4. The molecule has 2 heteroatoms. The molecular weight excluding hydrogens is 162 g/mol. The van der Waals surface area contributed by atoms with Crippen molar-refractivity contribution in [1.29, 1.82) is 0 Å². The Morgan fingerprint density at radius 2 is 2.15 bits per heavy atom. The van der Waals surface area contributed by atoms with E-state index in [-0.39, 0.29) is 0 Å². The molecule has 0 aromatic heterocycles. The SMILES string of the molecule is [2H]C([2H])(CC/C(C)=N/O)c1ccccc1. The lowest BCUT2D eigenvalue weighted by Gasteiger charge is -1.99. The van der Waals surface area contributed by atoms with Crippen LogP contribution in [0.25, 0.3) is 0 Å². The van der Waals surface area contributed by atoms with Crippen molar-refractivity contribution in [1.82, 2.24) is 0 Å². The molecule has 1 aromatic carbocycles. The Kier molecular flexibility index (Phi) is 2.94. The Hall–Kier alpha value is -1.31. The predicted octanol–water partition coefficient (Wildman–Crippen LogP) is 2.86. The van der Waals surface area contributed by atoms with Gasteiger partial charge in [0, 0.05) is 2.74 Å². The summed E-state index contributed by atoms with van der Waals surface area (Å²) in [7, 11) is 0. The Labute approximate surface area is 81.7 Å². The molecule has 1 N–H and O–H groups in total. The van der Waals surface area contributed by atoms with Gasteiger partial charge in [0.2, 0.25) is 0 Å². The normalized spacial score (nSPS) is 15.0. The van der Waals surface area contributed by atoms with Crippen molar-refractivity contribution in [3.05, 3.63) is 35.9 Å². The second-order valence-electron chi connectivity index (χ2n) is 2.88. The van der Waals surface area contributed by atoms with Crippen LogP contribution in [0.4, 0.5) is 0 Å². The van der Waals surface area contributed by atoms with E-state index >= 15 is 0 Å². The zero-order valence-electron chi connectivity index (χ0n) is 9.70. The Morgan fingerprint density at radius 3 is 2.77 bits per heavy atom. The third-order valence-electron chi connectivity index (χ3n) is 1.76. The molecule has 70 valence electrons. The van der Waals surface area contributed by atoms with Crippen molar-refractivity contribution in [2.24, 2.45) is 5.16 Å². The highest BCUT2D eigenvalue weighted by atomic mass is 16.4. The molecule has 0 bridgehead atoms. The highest BCUT2D eigenvalue weighted by Crippen LogP contribution is 2.04. The van der Waals surface area contributed by atoms with Crippen LogP contribution in [-0.2, 0) is 6.37 Å². The monoisotopic (exact) mass is 179 g/mol. The van der Waals surface area contributed by atoms with Gasteiger partial charge in [-0.05, 0) is 31.7 Å². The average Bonchev–Trinajstić information content (AvgIpc) is 2.27. The van der Waals surface area contributed by atoms with Crippen LogP contribution in [0.1, 0.15) is 28.1 Å². The van der Waals surface area contributed by atoms with Crippen LogP contribution in [0.3, 0.4) is 0 Å². The molecule has 0 spiro atoms. The molecule has 0 saturated carbocycles. The number of oxime groups is 1. The molecular formula is C11H15NO. The molecule has 1 rings (SSSR count). The molecule has 0 unspecified atom stereocenters. The van der Waals surface area contributed by atoms with Gasteiger partial charge in [-0.1, -0.05) is 35.5 Å². The number of hydrogen-bond acceptors (Lipinski definition) is 2. The molecule has 0 aliphatic rings. The molecule has 1 aromatic rings. The molecule has 0 heterocycles. The minimum Gasteiger partial charge on any atom is -0.411 e. The van der Waals surface area contributed by atoms with Crippen LogP contribution < -0.4 is 0 Å². The first kappa shape index (κ1) is 7.13. The van der Waals surface area contributed by atoms with Crippen LogP contribution in [-0.4, -0.2) is 10.9 Å². The Balaban J connectivity index is 2.68. The molecule has 0 fully saturated rings. The zero-order valence-corrected chi connectivity index (χ0v) is 7.70. The fraction of sp³-hybridized carbons (Fsp3) is 0.364. The van der Waals surface area contributed by atoms with E-state index in [4.69, 9.17) is 7.95 Å². The second-order valence-corrected chi connectivity index (χ2v) is 2.88. The number of hydrogen-bond donors (Lipinski definition) is 1. The fourth-order valence-electron chi connectivity index (χ4n) is 0.994. The van der Waals surface area contributed by atoms with Crippen molar-refractivity contribution < 1.29 is 7.95 Å². The molecule has 0 radical (unpaired) electrons. The van der Waals surface area contributed by atoms with Gasteiger partial charge < -0.3 is 5.21 Å². The van der Waals surface area contributed by atoms with Gasteiger partial charge in [-0.25, -0.2) is 0 Å². The van der Waals surface area contributed by atoms with Crippen molar-refractivity contribution in [3.63, 3.8) is 0 Å². The van der Waals surface area contributed by atoms with Crippen molar-refractivity contribution >= 4 is 5.71 Å². The summed E-state index contributed by atoms with van der Waals surface area (Å²) in [6.45, 7) is 1.68. The quantitative estimate of drug-likeness (QED) is 0.430. The third kappa shape index (κ3) is 3.74. The summed E-state index contributed by atoms with van der Waals surface area (Å²) in [5, 5.41) is 11.5. The Morgan fingerprint density at radius 1 is 1.46 bits per heavy atom. The first-order valence-electron chi connectivity index (χ1n) is 5.29. The number of nitrogens with zero attached hydrogens (tertiary/aromatic N) is 1. The van der Waals surface area contributed by atoms with Crippen LogP contribution in [0.5, 0.6) is 0 Å². The smallest absolute Gasteiger partial charge is 0.0540 e. The van der Waals surface area contributed by atoms with Gasteiger partial charge in [0.1, 0.15) is 0 Å². The van der Waals surface area contributed by atoms with E-state index in [2.05, 4.69) is 5.16 Å². The van der Waals surface area contributed by atoms with Gasteiger partial charge in [0.25, 0.3) is 0 Å². The molecule has 0 atom stereocenters. The molecule has 0 saturated heterocycles. The van der Waals surface area contributed by atoms with Gasteiger partial charge in [-0.15, -0.1) is 0 Å². The zero-order chi connectivity index (χ0) is 11.3. The van der Waals surface area contributed by atoms with E-state index in [9.17, 15) is 0 Å². The van der Waals surface area contributed by atoms with Crippen LogP contribution >= 0.6 is 0 Å². The van der Waals surface area contributed by atoms with E-state index in [1.165, 1.54) is 0 Å². The average molecular weight is 179 g/mol. The van der Waals surface area contributed by atoms with Gasteiger partial charge in [-0.3, -0.25) is 0 Å². The number of benzene rings is 1. The van der Waals surface area contributed by atoms with Crippen LogP contribution in [0.2, 0.25) is 0 Å². The van der Waals surface area contributed by atoms with E-state index in [0.717, 1.165) is 0 Å². The summed E-state index contributed by atoms with van der Waals surface area (Å²) in [5.74, 6) is 0. The van der Waals surface area contributed by atoms with Gasteiger partial charge >= 0.3 is 0 Å². The lowest BCUT2D eigenvalue weighted by molar-refractivity contribution is 0.317. The van der Waals surface area contributed by atoms with Crippen molar-refractivity contribution in [2.45, 2.75) is 26.1 Å². The summed E-state index contributed by atoms with van der Waals surface area (Å²) in [5.41, 5.74) is 1.21. The highest BCUT2D eigenvalue weighted by Gasteiger charge is 1.94. The van der Waals surface area contributed by atoms with Crippen molar-refractivity contribution in [2.75, 3.05) is 0 Å². The molecule has 0 aliphatic carbocycles. The number of aryl methyl sites for hydroxylation is 1. The first-order chi connectivity index (χ1) is 7.06. The summed E-state index contributed by atoms with van der Waals surface area (Å²) in [6.07, 6.45) is -0.585. The predicted molar refractivity (Wildman–Crippen MR) is 54.3 cm³/mol. The lowest BCUT2D eigenvalue weighted by Crippen LogP contribution is -1.93. The van der Waals surface area contributed by atoms with E-state index in [1.54, 1.807) is 19.1 Å². The second kappa shape index (κ2) is 5.36. The standard InChI is InChI=1S/C11H15NO/c1-10(12-13)6-5-9-11-7-3-2-4-8-11/h2-4,7-8,13H,5-6,9H2,1H3/b12-10+/i9D2. The highest BCUT2D eigenvalue weighted by molar-refractivity contribution is 5.81. The van der Waals surface area contributed by atoms with E-state index in [0.29, 0.717) is 24.1 Å². The largest absolute Gasteiger partial charge is 0.411 e. The maximum Gasteiger partial charge on any atom is 0.0540 e. The summed E-state index contributed by atoms with van der Waals surface area (Å²) >= 11 is 0. The molecule has 0 amide bonds. The minimum absolute atomic E-state index is 0.326. The first-order valence-corrected chi connectivity index (χ1v) is 4.29. The summed E-state index contributed by atoms with van der Waals surface area (Å²) in [6, 6.07) is 9.04. The molecule has 2 nitrogen and oxygen atoms in total. The fourth-order valence-corrected chi connectivity index (χ4v) is 0.994. The van der Waals surface area contributed by atoms with Gasteiger partial charge in [-0.2, -0.15) is 0 Å². The topological polar surface area (TPSA) is 32.6 Å². The minimum atomic E-state index is -1.37. The maximum atomic E-state index is 8.47. The van der Waals surface area contributed by atoms with Crippen molar-refractivity contribution in [3.8, 4) is 0 Å². The third-order valence-corrected chi connectivity index (χ3v) is 1.76. The maximum absolute atomic E-state index is 8.47.